The van der Waals surface area contributed by atoms with E-state index in [-0.39, 0.29) is 15.6 Å². The van der Waals surface area contributed by atoms with Gasteiger partial charge in [0, 0.05) is 12.3 Å². The summed E-state index contributed by atoms with van der Waals surface area (Å²) in [6, 6.07) is 3.24. The molecule has 1 aliphatic heterocycles. The number of anilines is 1. The highest BCUT2D eigenvalue weighted by molar-refractivity contribution is 8.00. The zero-order chi connectivity index (χ0) is 19.0. The maximum atomic E-state index is 12.6. The van der Waals surface area contributed by atoms with E-state index in [1.54, 1.807) is 0 Å². The molecular weight excluding hydrogens is 405 g/mol. The fourth-order valence-electron chi connectivity index (χ4n) is 1.87. The molecule has 1 aromatic rings. The van der Waals surface area contributed by atoms with Gasteiger partial charge in [0.15, 0.2) is 0 Å². The predicted octanol–water partition coefficient (Wildman–Crippen LogP) is 2.29. The zero-order valence-corrected chi connectivity index (χ0v) is 15.2. The van der Waals surface area contributed by atoms with Crippen molar-refractivity contribution < 1.29 is 31.5 Å². The van der Waals surface area contributed by atoms with Gasteiger partial charge in [0.2, 0.25) is 15.6 Å². The number of hydrogen-bond acceptors (Lipinski definition) is 5. The standard InChI is InChI=1S/C13H14ClF3N2O4S2/c1-12(21,13(15,16)17)11(20)18-10-3-2-8(6-9(10)14)25(22,23)19-4-5-24-7-19/h2-3,6,21H,4-5,7H2,1H3,(H,18,20)/t12-/m1/s1. The summed E-state index contributed by atoms with van der Waals surface area (Å²) in [7, 11) is -3.77. The molecule has 140 valence electrons. The summed E-state index contributed by atoms with van der Waals surface area (Å²) in [5.41, 5.74) is -3.86. The van der Waals surface area contributed by atoms with Gasteiger partial charge in [-0.3, -0.25) is 4.79 Å². The lowest BCUT2D eigenvalue weighted by Crippen LogP contribution is -2.52. The average molecular weight is 419 g/mol. The lowest BCUT2D eigenvalue weighted by molar-refractivity contribution is -0.242. The van der Waals surface area contributed by atoms with Gasteiger partial charge >= 0.3 is 6.18 Å². The Morgan fingerprint density at radius 3 is 2.52 bits per heavy atom. The number of thioether (sulfide) groups is 1. The van der Waals surface area contributed by atoms with Crippen molar-refractivity contribution in [3.63, 3.8) is 0 Å². The maximum Gasteiger partial charge on any atom is 0.426 e. The van der Waals surface area contributed by atoms with Crippen molar-refractivity contribution in [2.75, 3.05) is 23.5 Å². The summed E-state index contributed by atoms with van der Waals surface area (Å²) in [5.74, 6) is -0.769. The van der Waals surface area contributed by atoms with Crippen LogP contribution in [0.1, 0.15) is 6.92 Å². The number of hydrogen-bond donors (Lipinski definition) is 2. The van der Waals surface area contributed by atoms with Crippen LogP contribution >= 0.6 is 23.4 Å². The van der Waals surface area contributed by atoms with Crippen LogP contribution in [0, 0.1) is 0 Å². The molecule has 1 fully saturated rings. The van der Waals surface area contributed by atoms with Gasteiger partial charge in [-0.15, -0.1) is 11.8 Å². The molecule has 12 heteroatoms. The van der Waals surface area contributed by atoms with E-state index >= 15 is 0 Å². The molecule has 25 heavy (non-hydrogen) atoms. The van der Waals surface area contributed by atoms with E-state index in [0.29, 0.717) is 25.1 Å². The fourth-order valence-corrected chi connectivity index (χ4v) is 5.00. The molecule has 0 spiro atoms. The molecule has 0 radical (unpaired) electrons. The smallest absolute Gasteiger partial charge is 0.373 e. The summed E-state index contributed by atoms with van der Waals surface area (Å²) in [4.78, 5) is 11.5. The molecule has 2 rings (SSSR count). The Bertz CT molecular complexity index is 778. The second-order valence-corrected chi connectivity index (χ2v) is 8.80. The van der Waals surface area contributed by atoms with Crippen LogP contribution < -0.4 is 5.32 Å². The monoisotopic (exact) mass is 418 g/mol. The minimum Gasteiger partial charge on any atom is -0.373 e. The van der Waals surface area contributed by atoms with Crippen LogP contribution in [-0.4, -0.2) is 53.7 Å². The molecular formula is C13H14ClF3N2O4S2. The molecule has 2 N–H and O–H groups in total. The van der Waals surface area contributed by atoms with Crippen molar-refractivity contribution in [1.29, 1.82) is 0 Å². The second kappa shape index (κ2) is 6.95. The van der Waals surface area contributed by atoms with Crippen molar-refractivity contribution in [1.82, 2.24) is 4.31 Å². The van der Waals surface area contributed by atoms with Crippen LogP contribution in [0.15, 0.2) is 23.1 Å². The zero-order valence-electron chi connectivity index (χ0n) is 12.8. The highest BCUT2D eigenvalue weighted by atomic mass is 35.5. The van der Waals surface area contributed by atoms with E-state index in [2.05, 4.69) is 0 Å². The van der Waals surface area contributed by atoms with E-state index in [1.807, 2.05) is 5.32 Å². The number of amides is 1. The van der Waals surface area contributed by atoms with Crippen LogP contribution in [0.3, 0.4) is 0 Å². The molecule has 0 saturated carbocycles. The molecule has 0 unspecified atom stereocenters. The first-order chi connectivity index (χ1) is 11.4. The molecule has 0 aromatic heterocycles. The number of nitrogens with one attached hydrogen (secondary N) is 1. The minimum atomic E-state index is -5.18. The minimum absolute atomic E-state index is 0.138. The van der Waals surface area contributed by atoms with Gasteiger partial charge in [-0.05, 0) is 25.1 Å². The van der Waals surface area contributed by atoms with Gasteiger partial charge in [-0.1, -0.05) is 11.6 Å². The van der Waals surface area contributed by atoms with Crippen LogP contribution in [0.5, 0.6) is 0 Å². The van der Waals surface area contributed by atoms with Gasteiger partial charge in [0.25, 0.3) is 5.91 Å². The van der Waals surface area contributed by atoms with Gasteiger partial charge in [0.1, 0.15) is 0 Å². The van der Waals surface area contributed by atoms with Crippen LogP contribution in [0.25, 0.3) is 0 Å². The Morgan fingerprint density at radius 2 is 2.04 bits per heavy atom. The number of rotatable bonds is 4. The van der Waals surface area contributed by atoms with Gasteiger partial charge in [-0.2, -0.15) is 17.5 Å². The summed E-state index contributed by atoms with van der Waals surface area (Å²) in [5, 5.41) is 10.9. The number of carbonyl (C=O) groups excluding carboxylic acids is 1. The summed E-state index contributed by atoms with van der Waals surface area (Å²) in [6.07, 6.45) is -5.18. The number of halogens is 4. The van der Waals surface area contributed by atoms with E-state index < -0.39 is 27.7 Å². The molecule has 0 bridgehead atoms. The van der Waals surface area contributed by atoms with E-state index in [1.165, 1.54) is 16.1 Å². The summed E-state index contributed by atoms with van der Waals surface area (Å²) < 4.78 is 64.0. The van der Waals surface area contributed by atoms with Crippen molar-refractivity contribution >= 4 is 45.0 Å². The first-order valence-electron chi connectivity index (χ1n) is 6.85. The lowest BCUT2D eigenvalue weighted by Gasteiger charge is -2.25. The average Bonchev–Trinajstić information content (AvgIpc) is 3.02. The van der Waals surface area contributed by atoms with E-state index in [9.17, 15) is 31.5 Å². The van der Waals surface area contributed by atoms with Crippen LogP contribution in [-0.2, 0) is 14.8 Å². The third-order valence-electron chi connectivity index (χ3n) is 3.54. The van der Waals surface area contributed by atoms with Gasteiger partial charge in [-0.25, -0.2) is 8.42 Å². The molecule has 1 aliphatic rings. The Labute approximate surface area is 151 Å². The Balaban J connectivity index is 2.24. The number of aliphatic hydroxyl groups is 1. The Hall–Kier alpha value is -1.01. The van der Waals surface area contributed by atoms with E-state index in [0.717, 1.165) is 18.2 Å². The molecule has 1 aromatic carbocycles. The predicted molar refractivity (Wildman–Crippen MR) is 88.0 cm³/mol. The molecule has 1 amide bonds. The molecule has 0 aliphatic carbocycles. The number of alkyl halides is 3. The first kappa shape index (κ1) is 20.3. The highest BCUT2D eigenvalue weighted by Crippen LogP contribution is 2.33. The third kappa shape index (κ3) is 4.05. The van der Waals surface area contributed by atoms with Crippen LogP contribution in [0.2, 0.25) is 5.02 Å². The maximum absolute atomic E-state index is 12.6. The fraction of sp³-hybridized carbons (Fsp3) is 0.462. The summed E-state index contributed by atoms with van der Waals surface area (Å²) >= 11 is 7.33. The molecule has 1 atom stereocenters. The largest absolute Gasteiger partial charge is 0.426 e. The number of carbonyl (C=O) groups is 1. The van der Waals surface area contributed by atoms with Crippen molar-refractivity contribution in [2.24, 2.45) is 0 Å². The first-order valence-corrected chi connectivity index (χ1v) is 9.82. The number of benzene rings is 1. The quantitative estimate of drug-likeness (QED) is 0.783. The highest BCUT2D eigenvalue weighted by Gasteiger charge is 2.55. The second-order valence-electron chi connectivity index (χ2n) is 5.38. The number of sulfonamides is 1. The summed E-state index contributed by atoms with van der Waals surface area (Å²) in [6.45, 7) is 0.650. The molecule has 6 nitrogen and oxygen atoms in total. The molecule has 1 heterocycles. The Morgan fingerprint density at radius 1 is 1.40 bits per heavy atom. The van der Waals surface area contributed by atoms with Crippen LogP contribution in [0.4, 0.5) is 18.9 Å². The van der Waals surface area contributed by atoms with E-state index in [4.69, 9.17) is 11.6 Å². The number of nitrogens with zero attached hydrogens (tertiary/aromatic N) is 1. The normalized spacial score (nSPS) is 18.8. The Kier molecular flexibility index (Phi) is 5.65. The van der Waals surface area contributed by atoms with Crippen molar-refractivity contribution in [3.05, 3.63) is 23.2 Å². The van der Waals surface area contributed by atoms with Crippen molar-refractivity contribution in [2.45, 2.75) is 23.6 Å². The lowest BCUT2D eigenvalue weighted by atomic mass is 10.1. The third-order valence-corrected chi connectivity index (χ3v) is 6.82. The van der Waals surface area contributed by atoms with Crippen molar-refractivity contribution in [3.8, 4) is 0 Å². The SMILES string of the molecule is C[C@@](O)(C(=O)Nc1ccc(S(=O)(=O)N2CCSC2)cc1Cl)C(F)(F)F. The van der Waals surface area contributed by atoms with Gasteiger partial charge < -0.3 is 10.4 Å². The molecule has 1 saturated heterocycles. The van der Waals surface area contributed by atoms with Gasteiger partial charge in [0.05, 0.1) is 21.5 Å². The topological polar surface area (TPSA) is 86.7 Å².